The van der Waals surface area contributed by atoms with E-state index in [-0.39, 0.29) is 5.56 Å². The number of rotatable bonds is 5. The van der Waals surface area contributed by atoms with Crippen molar-refractivity contribution in [3.8, 4) is 0 Å². The Morgan fingerprint density at radius 1 is 1.17 bits per heavy atom. The molecule has 1 aliphatic heterocycles. The van der Waals surface area contributed by atoms with Gasteiger partial charge in [-0.2, -0.15) is 13.2 Å². The molecule has 0 fully saturated rings. The van der Waals surface area contributed by atoms with Crippen LogP contribution in [0.2, 0.25) is 0 Å². The summed E-state index contributed by atoms with van der Waals surface area (Å²) in [7, 11) is -4.44. The van der Waals surface area contributed by atoms with E-state index >= 15 is 0 Å². The lowest BCUT2D eigenvalue weighted by Crippen LogP contribution is -2.34. The topological polar surface area (TPSA) is 75.3 Å². The number of carbonyl (C=O) groups is 1. The molecule has 2 aromatic rings. The second-order valence-corrected chi connectivity index (χ2v) is 9.22. The molecule has 11 heteroatoms. The number of benzene rings is 2. The molecule has 2 aromatic carbocycles. The first kappa shape index (κ1) is 21.6. The van der Waals surface area contributed by atoms with Crippen LogP contribution in [0.5, 0.6) is 0 Å². The third kappa shape index (κ3) is 5.49. The molecular weight excluding hydrogens is 432 g/mol. The second-order valence-electron chi connectivity index (χ2n) is 6.31. The summed E-state index contributed by atoms with van der Waals surface area (Å²) in [4.78, 5) is 13.0. The lowest BCUT2D eigenvalue weighted by atomic mass is 10.0. The van der Waals surface area contributed by atoms with Gasteiger partial charge in [-0.05, 0) is 48.4 Å². The van der Waals surface area contributed by atoms with Gasteiger partial charge >= 0.3 is 6.18 Å². The Balaban J connectivity index is 1.78. The second kappa shape index (κ2) is 8.33. The van der Waals surface area contributed by atoms with Gasteiger partial charge in [0.05, 0.1) is 10.9 Å². The van der Waals surface area contributed by atoms with Crippen molar-refractivity contribution in [1.82, 2.24) is 10.0 Å². The van der Waals surface area contributed by atoms with Gasteiger partial charge in [0.2, 0.25) is 10.0 Å². The fourth-order valence-electron chi connectivity index (χ4n) is 2.82. The molecule has 3 rings (SSSR count). The number of alkyl halides is 3. The quantitative estimate of drug-likeness (QED) is 0.685. The van der Waals surface area contributed by atoms with Crippen molar-refractivity contribution in [3.05, 3.63) is 59.4 Å². The zero-order chi connectivity index (χ0) is 21.2. The molecule has 0 radical (unpaired) electrons. The van der Waals surface area contributed by atoms with E-state index in [9.17, 15) is 30.8 Å². The summed E-state index contributed by atoms with van der Waals surface area (Å²) in [5.74, 6) is -0.335. The number of amides is 1. The van der Waals surface area contributed by atoms with E-state index in [0.717, 1.165) is 17.0 Å². The number of halogens is 4. The first-order chi connectivity index (χ1) is 13.5. The molecule has 0 bridgehead atoms. The molecule has 29 heavy (non-hydrogen) atoms. The summed E-state index contributed by atoms with van der Waals surface area (Å²) < 4.78 is 76.1. The van der Waals surface area contributed by atoms with Gasteiger partial charge in [0.25, 0.3) is 5.91 Å². The van der Waals surface area contributed by atoms with Gasteiger partial charge < -0.3 is 5.32 Å². The van der Waals surface area contributed by atoms with E-state index in [2.05, 4.69) is 5.32 Å². The Bertz CT molecular complexity index is 1030. The summed E-state index contributed by atoms with van der Waals surface area (Å²) in [5, 5.41) is 2.74. The molecule has 156 valence electrons. The maximum absolute atomic E-state index is 13.6. The predicted molar refractivity (Wildman–Crippen MR) is 99.6 cm³/mol. The molecule has 2 N–H and O–H groups in total. The lowest BCUT2D eigenvalue weighted by Gasteiger charge is -2.26. The number of hydrogen-bond donors (Lipinski definition) is 2. The van der Waals surface area contributed by atoms with Gasteiger partial charge in [-0.15, -0.1) is 11.8 Å². The summed E-state index contributed by atoms with van der Waals surface area (Å²) in [6.45, 7) is -1.71. The molecule has 0 saturated carbocycles. The minimum Gasteiger partial charge on any atom is -0.345 e. The van der Waals surface area contributed by atoms with Crippen LogP contribution in [0.1, 0.15) is 28.4 Å². The first-order valence-corrected chi connectivity index (χ1v) is 10.9. The largest absolute Gasteiger partial charge is 0.402 e. The molecule has 1 atom stereocenters. The van der Waals surface area contributed by atoms with E-state index in [0.29, 0.717) is 17.7 Å². The van der Waals surface area contributed by atoms with Gasteiger partial charge in [-0.25, -0.2) is 17.5 Å². The number of fused-ring (bicyclic) bond motifs is 1. The number of hydrogen-bond acceptors (Lipinski definition) is 4. The minimum atomic E-state index is -4.70. The van der Waals surface area contributed by atoms with Crippen molar-refractivity contribution in [2.45, 2.75) is 28.4 Å². The van der Waals surface area contributed by atoms with Gasteiger partial charge in [-0.1, -0.05) is 6.07 Å². The highest BCUT2D eigenvalue weighted by molar-refractivity contribution is 7.99. The average Bonchev–Trinajstić information content (AvgIpc) is 2.66. The molecule has 1 unspecified atom stereocenters. The molecule has 0 saturated heterocycles. The van der Waals surface area contributed by atoms with Crippen LogP contribution in [0.15, 0.2) is 52.3 Å². The fourth-order valence-corrected chi connectivity index (χ4v) is 4.99. The predicted octanol–water partition coefficient (Wildman–Crippen LogP) is 3.63. The Morgan fingerprint density at radius 3 is 2.66 bits per heavy atom. The van der Waals surface area contributed by atoms with Gasteiger partial charge in [0.15, 0.2) is 0 Å². The molecule has 1 amide bonds. The van der Waals surface area contributed by atoms with Crippen LogP contribution in [0.25, 0.3) is 0 Å². The summed E-state index contributed by atoms with van der Waals surface area (Å²) in [5.41, 5.74) is 0.598. The normalized spacial score (nSPS) is 16.9. The average molecular weight is 448 g/mol. The monoisotopic (exact) mass is 448 g/mol. The molecule has 0 aliphatic carbocycles. The van der Waals surface area contributed by atoms with Crippen molar-refractivity contribution in [2.75, 3.05) is 12.3 Å². The maximum atomic E-state index is 13.6. The van der Waals surface area contributed by atoms with Crippen molar-refractivity contribution < 1.29 is 30.8 Å². The summed E-state index contributed by atoms with van der Waals surface area (Å²) in [6, 6.07) is 8.55. The highest BCUT2D eigenvalue weighted by Gasteiger charge is 2.30. The number of nitrogens with one attached hydrogen (secondary N) is 2. The molecule has 5 nitrogen and oxygen atoms in total. The van der Waals surface area contributed by atoms with Crippen LogP contribution in [-0.4, -0.2) is 32.8 Å². The highest BCUT2D eigenvalue weighted by atomic mass is 32.2. The van der Waals surface area contributed by atoms with E-state index in [1.807, 2.05) is 0 Å². The van der Waals surface area contributed by atoms with Crippen LogP contribution in [-0.2, 0) is 10.0 Å². The van der Waals surface area contributed by atoms with Crippen molar-refractivity contribution in [1.29, 1.82) is 0 Å². The third-order valence-corrected chi connectivity index (χ3v) is 6.71. The Morgan fingerprint density at radius 2 is 1.93 bits per heavy atom. The first-order valence-electron chi connectivity index (χ1n) is 8.45. The number of carbonyl (C=O) groups excluding carboxylic acids is 1. The van der Waals surface area contributed by atoms with Crippen molar-refractivity contribution in [3.63, 3.8) is 0 Å². The number of thioether (sulfide) groups is 1. The Kier molecular flexibility index (Phi) is 6.20. The van der Waals surface area contributed by atoms with Crippen LogP contribution in [0.3, 0.4) is 0 Å². The zero-order valence-corrected chi connectivity index (χ0v) is 16.4. The Hall–Kier alpha value is -2.11. The van der Waals surface area contributed by atoms with Gasteiger partial charge in [-0.3, -0.25) is 4.79 Å². The van der Waals surface area contributed by atoms with Crippen molar-refractivity contribution >= 4 is 27.7 Å². The van der Waals surface area contributed by atoms with Crippen LogP contribution in [0.4, 0.5) is 17.6 Å². The van der Waals surface area contributed by atoms with Crippen LogP contribution < -0.4 is 10.0 Å². The summed E-state index contributed by atoms with van der Waals surface area (Å²) >= 11 is 1.54. The van der Waals surface area contributed by atoms with Crippen molar-refractivity contribution in [2.24, 2.45) is 0 Å². The molecule has 1 heterocycles. The minimum absolute atomic E-state index is 0.0314. The molecular formula is C18H16F4N2O3S2. The number of sulfonamides is 1. The highest BCUT2D eigenvalue weighted by Crippen LogP contribution is 2.36. The van der Waals surface area contributed by atoms with E-state index < -0.39 is 45.4 Å². The summed E-state index contributed by atoms with van der Waals surface area (Å²) in [6.07, 6.45) is -4.15. The fraction of sp³-hybridized carbons (Fsp3) is 0.278. The molecule has 0 spiro atoms. The van der Waals surface area contributed by atoms with Gasteiger partial charge in [0.1, 0.15) is 12.4 Å². The lowest BCUT2D eigenvalue weighted by molar-refractivity contribution is -0.121. The molecule has 0 aromatic heterocycles. The zero-order valence-electron chi connectivity index (χ0n) is 14.8. The standard InChI is InChI=1S/C18H16F4N2O3S2/c19-12-4-5-16-14(9-12)15(6-7-28-16)24-17(25)11-2-1-3-13(8-11)29(26,27)23-10-18(20,21)22/h1-5,8-9,15,23H,6-7,10H2,(H,24,25). The smallest absolute Gasteiger partial charge is 0.345 e. The third-order valence-electron chi connectivity index (χ3n) is 4.19. The van der Waals surface area contributed by atoms with Crippen LogP contribution in [0, 0.1) is 5.82 Å². The molecule has 1 aliphatic rings. The van der Waals surface area contributed by atoms with E-state index in [4.69, 9.17) is 0 Å². The Labute approximate surface area is 168 Å². The van der Waals surface area contributed by atoms with Gasteiger partial charge in [0, 0.05) is 16.2 Å². The SMILES string of the molecule is O=C(NC1CCSc2ccc(F)cc21)c1cccc(S(=O)(=O)NCC(F)(F)F)c1. The van der Waals surface area contributed by atoms with Crippen LogP contribution >= 0.6 is 11.8 Å². The van der Waals surface area contributed by atoms with E-state index in [1.54, 1.807) is 6.07 Å². The van der Waals surface area contributed by atoms with E-state index in [1.165, 1.54) is 40.7 Å². The maximum Gasteiger partial charge on any atom is 0.402 e.